The molecular formula is C19H26N4O2. The van der Waals surface area contributed by atoms with Crippen LogP contribution in [-0.4, -0.2) is 47.0 Å². The SMILES string of the molecule is CO[C@H]1CCCN(C(=O)N[C@H](C)c2cnn(-c3ccccc3)c2C)C1. The Morgan fingerprint density at radius 2 is 2.12 bits per heavy atom. The van der Waals surface area contributed by atoms with Gasteiger partial charge in [-0.15, -0.1) is 0 Å². The fraction of sp³-hybridized carbons (Fsp3) is 0.474. The zero-order valence-corrected chi connectivity index (χ0v) is 15.1. The van der Waals surface area contributed by atoms with E-state index >= 15 is 0 Å². The van der Waals surface area contributed by atoms with E-state index in [1.807, 2.05) is 60.0 Å². The summed E-state index contributed by atoms with van der Waals surface area (Å²) in [7, 11) is 1.70. The molecule has 2 atom stereocenters. The van der Waals surface area contributed by atoms with E-state index in [0.717, 1.165) is 36.3 Å². The van der Waals surface area contributed by atoms with Gasteiger partial charge in [0.25, 0.3) is 0 Å². The Morgan fingerprint density at radius 3 is 2.84 bits per heavy atom. The summed E-state index contributed by atoms with van der Waals surface area (Å²) in [5.74, 6) is 0. The molecule has 1 fully saturated rings. The first-order chi connectivity index (χ1) is 12.1. The molecule has 1 N–H and O–H groups in total. The van der Waals surface area contributed by atoms with E-state index in [0.29, 0.717) is 6.54 Å². The summed E-state index contributed by atoms with van der Waals surface area (Å²) in [6, 6.07) is 9.86. The van der Waals surface area contributed by atoms with Gasteiger partial charge in [0.15, 0.2) is 0 Å². The number of urea groups is 1. The van der Waals surface area contributed by atoms with Crippen molar-refractivity contribution in [2.24, 2.45) is 0 Å². The summed E-state index contributed by atoms with van der Waals surface area (Å²) in [6.07, 6.45) is 3.96. The minimum atomic E-state index is -0.104. The summed E-state index contributed by atoms with van der Waals surface area (Å²) in [5.41, 5.74) is 3.08. The third-order valence-electron chi connectivity index (χ3n) is 4.85. The van der Waals surface area contributed by atoms with Gasteiger partial charge in [0.05, 0.1) is 24.0 Å². The first kappa shape index (κ1) is 17.5. The second-order valence-electron chi connectivity index (χ2n) is 6.55. The molecule has 1 aliphatic rings. The Hall–Kier alpha value is -2.34. The number of aromatic nitrogens is 2. The second kappa shape index (κ2) is 7.70. The molecule has 6 heteroatoms. The second-order valence-corrected chi connectivity index (χ2v) is 6.55. The third-order valence-corrected chi connectivity index (χ3v) is 4.85. The number of rotatable bonds is 4. The van der Waals surface area contributed by atoms with Gasteiger partial charge in [-0.25, -0.2) is 9.48 Å². The van der Waals surface area contributed by atoms with Crippen molar-refractivity contribution in [1.82, 2.24) is 20.0 Å². The number of hydrogen-bond acceptors (Lipinski definition) is 3. The van der Waals surface area contributed by atoms with Gasteiger partial charge in [-0.3, -0.25) is 0 Å². The Balaban J connectivity index is 1.68. The van der Waals surface area contributed by atoms with Crippen molar-refractivity contribution in [2.45, 2.75) is 38.8 Å². The molecule has 2 heterocycles. The topological polar surface area (TPSA) is 59.4 Å². The number of nitrogens with one attached hydrogen (secondary N) is 1. The number of hydrogen-bond donors (Lipinski definition) is 1. The lowest BCUT2D eigenvalue weighted by Crippen LogP contribution is -2.48. The molecule has 0 radical (unpaired) electrons. The fourth-order valence-electron chi connectivity index (χ4n) is 3.35. The number of ether oxygens (including phenoxy) is 1. The molecule has 2 aromatic rings. The molecule has 0 saturated carbocycles. The molecule has 1 aromatic carbocycles. The van der Waals surface area contributed by atoms with Crippen LogP contribution in [0.2, 0.25) is 0 Å². The smallest absolute Gasteiger partial charge is 0.317 e. The lowest BCUT2D eigenvalue weighted by Gasteiger charge is -2.32. The van der Waals surface area contributed by atoms with E-state index < -0.39 is 0 Å². The quantitative estimate of drug-likeness (QED) is 0.929. The highest BCUT2D eigenvalue weighted by Gasteiger charge is 2.25. The van der Waals surface area contributed by atoms with Crippen molar-refractivity contribution < 1.29 is 9.53 Å². The minimum absolute atomic E-state index is 0.0406. The Kier molecular flexibility index (Phi) is 5.38. The van der Waals surface area contributed by atoms with Crippen molar-refractivity contribution in [2.75, 3.05) is 20.2 Å². The molecule has 1 aliphatic heterocycles. The van der Waals surface area contributed by atoms with E-state index in [2.05, 4.69) is 10.4 Å². The van der Waals surface area contributed by atoms with Crippen LogP contribution in [0.5, 0.6) is 0 Å². The minimum Gasteiger partial charge on any atom is -0.380 e. The van der Waals surface area contributed by atoms with Crippen LogP contribution in [0, 0.1) is 6.92 Å². The highest BCUT2D eigenvalue weighted by Crippen LogP contribution is 2.21. The average Bonchev–Trinajstić information content (AvgIpc) is 3.04. The van der Waals surface area contributed by atoms with Crippen LogP contribution in [0.25, 0.3) is 5.69 Å². The summed E-state index contributed by atoms with van der Waals surface area (Å²) < 4.78 is 7.30. The van der Waals surface area contributed by atoms with Crippen molar-refractivity contribution in [1.29, 1.82) is 0 Å². The van der Waals surface area contributed by atoms with Gasteiger partial charge >= 0.3 is 6.03 Å². The number of carbonyl (C=O) groups excluding carboxylic acids is 1. The normalized spacial score (nSPS) is 18.8. The Morgan fingerprint density at radius 1 is 1.36 bits per heavy atom. The lowest BCUT2D eigenvalue weighted by atomic mass is 10.1. The monoisotopic (exact) mass is 342 g/mol. The van der Waals surface area contributed by atoms with Crippen molar-refractivity contribution in [3.8, 4) is 5.69 Å². The fourth-order valence-corrected chi connectivity index (χ4v) is 3.35. The zero-order chi connectivity index (χ0) is 17.8. The highest BCUT2D eigenvalue weighted by molar-refractivity contribution is 5.74. The van der Waals surface area contributed by atoms with Gasteiger partial charge in [-0.2, -0.15) is 5.10 Å². The van der Waals surface area contributed by atoms with Gasteiger partial charge < -0.3 is 15.0 Å². The van der Waals surface area contributed by atoms with Crippen molar-refractivity contribution in [3.63, 3.8) is 0 Å². The molecule has 1 saturated heterocycles. The van der Waals surface area contributed by atoms with Crippen LogP contribution < -0.4 is 5.32 Å². The van der Waals surface area contributed by atoms with Gasteiger partial charge in [0.1, 0.15) is 0 Å². The highest BCUT2D eigenvalue weighted by atomic mass is 16.5. The molecule has 0 aliphatic carbocycles. The lowest BCUT2D eigenvalue weighted by molar-refractivity contribution is 0.0431. The van der Waals surface area contributed by atoms with Crippen molar-refractivity contribution in [3.05, 3.63) is 47.8 Å². The maximum absolute atomic E-state index is 12.6. The number of methoxy groups -OCH3 is 1. The van der Waals surface area contributed by atoms with Crippen molar-refractivity contribution >= 4 is 6.03 Å². The largest absolute Gasteiger partial charge is 0.380 e. The first-order valence-electron chi connectivity index (χ1n) is 8.78. The van der Waals surface area contributed by atoms with Crippen LogP contribution in [-0.2, 0) is 4.74 Å². The van der Waals surface area contributed by atoms with Gasteiger partial charge in [0, 0.05) is 31.5 Å². The summed E-state index contributed by atoms with van der Waals surface area (Å²) >= 11 is 0. The van der Waals surface area contributed by atoms with E-state index in [9.17, 15) is 4.79 Å². The van der Waals surface area contributed by atoms with E-state index in [1.54, 1.807) is 7.11 Å². The molecule has 25 heavy (non-hydrogen) atoms. The number of benzene rings is 1. The van der Waals surface area contributed by atoms with Crippen LogP contribution in [0.3, 0.4) is 0 Å². The number of amides is 2. The van der Waals surface area contributed by atoms with E-state index in [1.165, 1.54) is 0 Å². The third kappa shape index (κ3) is 3.85. The van der Waals surface area contributed by atoms with Gasteiger partial charge in [-0.1, -0.05) is 18.2 Å². The molecule has 0 bridgehead atoms. The summed E-state index contributed by atoms with van der Waals surface area (Å²) in [6.45, 7) is 5.45. The number of piperidine rings is 1. The zero-order valence-electron chi connectivity index (χ0n) is 15.1. The van der Waals surface area contributed by atoms with Crippen LogP contribution in [0.4, 0.5) is 4.79 Å². The predicted octanol–water partition coefficient (Wildman–Crippen LogP) is 3.06. The molecule has 0 unspecified atom stereocenters. The Labute approximate surface area is 148 Å². The molecule has 2 amide bonds. The maximum atomic E-state index is 12.6. The molecule has 0 spiro atoms. The molecule has 134 valence electrons. The number of nitrogens with zero attached hydrogens (tertiary/aromatic N) is 3. The first-order valence-corrected chi connectivity index (χ1v) is 8.78. The standard InChI is InChI=1S/C19H26N4O2/c1-14(21-19(24)22-11-7-10-17(13-22)25-3)18-12-20-23(15(18)2)16-8-5-4-6-9-16/h4-6,8-9,12,14,17H,7,10-11,13H2,1-3H3,(H,21,24)/t14-,17+/m1/s1. The molecular weight excluding hydrogens is 316 g/mol. The van der Waals surface area contributed by atoms with Crippen LogP contribution in [0.15, 0.2) is 36.5 Å². The molecule has 3 rings (SSSR count). The van der Waals surface area contributed by atoms with E-state index in [4.69, 9.17) is 4.74 Å². The van der Waals surface area contributed by atoms with Gasteiger partial charge in [0.2, 0.25) is 0 Å². The molecule has 1 aromatic heterocycles. The average molecular weight is 342 g/mol. The van der Waals surface area contributed by atoms with Crippen LogP contribution >= 0.6 is 0 Å². The number of likely N-dealkylation sites (tertiary alicyclic amines) is 1. The number of para-hydroxylation sites is 1. The summed E-state index contributed by atoms with van der Waals surface area (Å²) in [5, 5.41) is 7.58. The number of carbonyl (C=O) groups is 1. The predicted molar refractivity (Wildman–Crippen MR) is 96.9 cm³/mol. The Bertz CT molecular complexity index is 713. The van der Waals surface area contributed by atoms with E-state index in [-0.39, 0.29) is 18.2 Å². The molecule has 6 nitrogen and oxygen atoms in total. The summed E-state index contributed by atoms with van der Waals surface area (Å²) in [4.78, 5) is 14.4. The van der Waals surface area contributed by atoms with Crippen LogP contribution in [0.1, 0.15) is 37.1 Å². The maximum Gasteiger partial charge on any atom is 0.317 e. The van der Waals surface area contributed by atoms with Gasteiger partial charge in [-0.05, 0) is 38.8 Å².